The number of hydrogen-bond donors (Lipinski definition) is 0. The summed E-state index contributed by atoms with van der Waals surface area (Å²) >= 11 is 0. The quantitative estimate of drug-likeness (QED) is 0.373. The van der Waals surface area contributed by atoms with Crippen LogP contribution >= 0.6 is 0 Å². The average Bonchev–Trinajstić information content (AvgIpc) is 2.15. The first-order chi connectivity index (χ1) is 6.20. The van der Waals surface area contributed by atoms with Gasteiger partial charge in [0.05, 0.1) is 5.56 Å². The molecule has 4 nitrogen and oxygen atoms in total. The Morgan fingerprint density at radius 3 is 2.38 bits per heavy atom. The summed E-state index contributed by atoms with van der Waals surface area (Å²) in [5, 5.41) is 0. The molecule has 1 aromatic rings. The minimum atomic E-state index is -0.684. The lowest BCUT2D eigenvalue weighted by Crippen LogP contribution is -2.08. The van der Waals surface area contributed by atoms with Crippen LogP contribution in [0.25, 0.3) is 0 Å². The molecular formula is C9H8O4. The number of rotatable bonds is 1. The molecule has 1 aromatic carbocycles. The van der Waals surface area contributed by atoms with Gasteiger partial charge < -0.3 is 0 Å². The van der Waals surface area contributed by atoms with E-state index in [1.54, 1.807) is 30.3 Å². The summed E-state index contributed by atoms with van der Waals surface area (Å²) in [4.78, 5) is 29.6. The molecule has 0 radical (unpaired) electrons. The molecule has 0 fully saturated rings. The highest BCUT2D eigenvalue weighted by atomic mass is 18.1. The van der Waals surface area contributed by atoms with Crippen LogP contribution in [0.15, 0.2) is 30.3 Å². The van der Waals surface area contributed by atoms with Crippen LogP contribution in [0.1, 0.15) is 17.3 Å². The zero-order valence-electron chi connectivity index (χ0n) is 7.02. The highest BCUT2D eigenvalue weighted by Crippen LogP contribution is 2.00. The van der Waals surface area contributed by atoms with E-state index in [2.05, 4.69) is 9.78 Å². The smallest absolute Gasteiger partial charge is 0.248 e. The third-order valence-corrected chi connectivity index (χ3v) is 1.24. The van der Waals surface area contributed by atoms with Crippen LogP contribution in [0, 0.1) is 0 Å². The molecule has 0 aliphatic heterocycles. The standard InChI is InChI=1S/C9H8O4/c1-7(10)12-13-9(11)8-5-3-2-4-6-8/h2-6H,1H3/i10+2. The molecule has 0 atom stereocenters. The second kappa shape index (κ2) is 4.25. The molecule has 1 rings (SSSR count). The van der Waals surface area contributed by atoms with Crippen LogP contribution in [0.3, 0.4) is 0 Å². The lowest BCUT2D eigenvalue weighted by Gasteiger charge is -1.99. The molecule has 0 N–H and O–H groups in total. The highest BCUT2D eigenvalue weighted by molar-refractivity contribution is 5.89. The molecule has 0 aliphatic rings. The molecule has 4 heteroatoms. The van der Waals surface area contributed by atoms with Gasteiger partial charge in [0.1, 0.15) is 0 Å². The Morgan fingerprint density at radius 1 is 1.23 bits per heavy atom. The van der Waals surface area contributed by atoms with E-state index in [0.29, 0.717) is 5.56 Å². The summed E-state index contributed by atoms with van der Waals surface area (Å²) in [5.74, 6) is -1.35. The summed E-state index contributed by atoms with van der Waals surface area (Å²) in [6, 6.07) is 8.26. The molecular weight excluding hydrogens is 174 g/mol. The molecule has 68 valence electrons. The zero-order valence-corrected chi connectivity index (χ0v) is 7.02. The molecule has 0 amide bonds. The SMILES string of the molecule is CC(=[18O])OOC(=O)c1ccccc1. The third-order valence-electron chi connectivity index (χ3n) is 1.24. The molecule has 0 saturated carbocycles. The van der Waals surface area contributed by atoms with E-state index in [-0.39, 0.29) is 0 Å². The van der Waals surface area contributed by atoms with Crippen LogP contribution in [-0.2, 0) is 14.6 Å². The zero-order chi connectivity index (χ0) is 9.68. The van der Waals surface area contributed by atoms with Crippen LogP contribution in [0.4, 0.5) is 0 Å². The summed E-state index contributed by atoms with van der Waals surface area (Å²) in [7, 11) is 0. The third kappa shape index (κ3) is 2.94. The fraction of sp³-hybridized carbons (Fsp3) is 0.111. The van der Waals surface area contributed by atoms with E-state index in [0.717, 1.165) is 6.92 Å². The Morgan fingerprint density at radius 2 is 1.85 bits per heavy atom. The number of benzene rings is 1. The molecule has 0 saturated heterocycles. The summed E-state index contributed by atoms with van der Waals surface area (Å²) < 4.78 is 0. The van der Waals surface area contributed by atoms with Gasteiger partial charge in [0.15, 0.2) is 0 Å². The van der Waals surface area contributed by atoms with E-state index in [1.165, 1.54) is 0 Å². The lowest BCUT2D eigenvalue weighted by molar-refractivity contribution is -0.231. The Bertz CT molecular complexity index is 305. The van der Waals surface area contributed by atoms with E-state index in [1.807, 2.05) is 0 Å². The van der Waals surface area contributed by atoms with Crippen molar-refractivity contribution in [2.75, 3.05) is 0 Å². The first-order valence-corrected chi connectivity index (χ1v) is 3.64. The molecule has 0 aliphatic carbocycles. The van der Waals surface area contributed by atoms with Gasteiger partial charge in [-0.1, -0.05) is 18.2 Å². The summed E-state index contributed by atoms with van der Waals surface area (Å²) in [5.41, 5.74) is 0.337. The van der Waals surface area contributed by atoms with Gasteiger partial charge in [-0.2, -0.15) is 0 Å². The van der Waals surface area contributed by atoms with Gasteiger partial charge >= 0.3 is 11.9 Å². The van der Waals surface area contributed by atoms with Gasteiger partial charge in [0, 0.05) is 6.92 Å². The van der Waals surface area contributed by atoms with Crippen molar-refractivity contribution in [3.8, 4) is 0 Å². The lowest BCUT2D eigenvalue weighted by atomic mass is 10.2. The van der Waals surface area contributed by atoms with Gasteiger partial charge in [-0.3, -0.25) is 0 Å². The molecule has 0 aromatic heterocycles. The van der Waals surface area contributed by atoms with Crippen molar-refractivity contribution in [1.82, 2.24) is 0 Å². The Hall–Kier alpha value is -1.84. The number of carbonyl (C=O) groups is 2. The summed E-state index contributed by atoms with van der Waals surface area (Å²) in [6.45, 7) is 1.15. The van der Waals surface area contributed by atoms with Gasteiger partial charge in [-0.05, 0) is 12.1 Å². The van der Waals surface area contributed by atoms with Crippen LogP contribution in [0.2, 0.25) is 0 Å². The minimum Gasteiger partial charge on any atom is -0.248 e. The van der Waals surface area contributed by atoms with Crippen molar-refractivity contribution in [3.63, 3.8) is 0 Å². The second-order valence-corrected chi connectivity index (χ2v) is 2.31. The van der Waals surface area contributed by atoms with E-state index >= 15 is 0 Å². The van der Waals surface area contributed by atoms with Crippen molar-refractivity contribution < 1.29 is 19.4 Å². The second-order valence-electron chi connectivity index (χ2n) is 2.31. The topological polar surface area (TPSA) is 52.6 Å². The van der Waals surface area contributed by atoms with Crippen molar-refractivity contribution in [2.45, 2.75) is 6.92 Å². The van der Waals surface area contributed by atoms with Crippen molar-refractivity contribution in [1.29, 1.82) is 0 Å². The van der Waals surface area contributed by atoms with Crippen molar-refractivity contribution in [2.24, 2.45) is 0 Å². The highest BCUT2D eigenvalue weighted by Gasteiger charge is 2.08. The Kier molecular flexibility index (Phi) is 3.03. The van der Waals surface area contributed by atoms with Gasteiger partial charge in [-0.15, -0.1) is 0 Å². The minimum absolute atomic E-state index is 0.337. The Labute approximate surface area is 75.0 Å². The monoisotopic (exact) mass is 182 g/mol. The van der Waals surface area contributed by atoms with Crippen LogP contribution < -0.4 is 0 Å². The molecule has 13 heavy (non-hydrogen) atoms. The van der Waals surface area contributed by atoms with Gasteiger partial charge in [0.2, 0.25) is 0 Å². The predicted octanol–water partition coefficient (Wildman–Crippen LogP) is 1.32. The van der Waals surface area contributed by atoms with Crippen molar-refractivity contribution in [3.05, 3.63) is 35.9 Å². The Balaban J connectivity index is 2.54. The molecule has 0 heterocycles. The van der Waals surface area contributed by atoms with Crippen molar-refractivity contribution >= 4 is 11.9 Å². The predicted molar refractivity (Wildman–Crippen MR) is 43.6 cm³/mol. The molecule has 0 bridgehead atoms. The fourth-order valence-corrected chi connectivity index (χ4v) is 0.719. The normalized spacial score (nSPS) is 9.00. The fourth-order valence-electron chi connectivity index (χ4n) is 0.719. The van der Waals surface area contributed by atoms with E-state index in [9.17, 15) is 9.59 Å². The largest absolute Gasteiger partial charge is 0.386 e. The maximum atomic E-state index is 11.0. The van der Waals surface area contributed by atoms with Crippen LogP contribution in [0.5, 0.6) is 0 Å². The molecule has 0 unspecified atom stereocenters. The first kappa shape index (κ1) is 9.25. The number of carbonyl (C=O) groups excluding carboxylic acids is 2. The van der Waals surface area contributed by atoms with Gasteiger partial charge in [0.25, 0.3) is 0 Å². The maximum absolute atomic E-state index is 11.0. The van der Waals surface area contributed by atoms with Crippen LogP contribution in [-0.4, -0.2) is 11.9 Å². The first-order valence-electron chi connectivity index (χ1n) is 3.64. The maximum Gasteiger partial charge on any atom is 0.386 e. The van der Waals surface area contributed by atoms with E-state index in [4.69, 9.17) is 0 Å². The molecule has 0 spiro atoms. The van der Waals surface area contributed by atoms with E-state index < -0.39 is 11.9 Å². The summed E-state index contributed by atoms with van der Waals surface area (Å²) in [6.07, 6.45) is 0. The average molecular weight is 182 g/mol. The van der Waals surface area contributed by atoms with Gasteiger partial charge in [-0.25, -0.2) is 19.4 Å². The number of hydrogen-bond acceptors (Lipinski definition) is 4.